The molecule has 1 amide bonds. The summed E-state index contributed by atoms with van der Waals surface area (Å²) in [5, 5.41) is 11.5. The number of nitrogens with one attached hydrogen (secondary N) is 1. The van der Waals surface area contributed by atoms with E-state index in [0.717, 1.165) is 0 Å². The predicted octanol–water partition coefficient (Wildman–Crippen LogP) is 0.416. The molecule has 122 valence electrons. The number of hydrogen-bond donors (Lipinski definition) is 2. The van der Waals surface area contributed by atoms with Gasteiger partial charge in [0.05, 0.1) is 11.7 Å². The molecule has 0 spiro atoms. The summed E-state index contributed by atoms with van der Waals surface area (Å²) in [6.45, 7) is 5.24. The van der Waals surface area contributed by atoms with Gasteiger partial charge in [0.1, 0.15) is 6.04 Å². The van der Waals surface area contributed by atoms with Crippen LogP contribution >= 0.6 is 0 Å². The lowest BCUT2D eigenvalue weighted by atomic mass is 10.0. The van der Waals surface area contributed by atoms with Crippen molar-refractivity contribution in [2.45, 2.75) is 52.1 Å². The SMILES string of the molecule is CCCS(=O)(=O)N1CCCC1C(=O)NC(C)C(C)C(=O)O. The summed E-state index contributed by atoms with van der Waals surface area (Å²) in [4.78, 5) is 23.1. The van der Waals surface area contributed by atoms with Crippen molar-refractivity contribution in [3.05, 3.63) is 0 Å². The number of nitrogens with zero attached hydrogens (tertiary/aromatic N) is 1. The van der Waals surface area contributed by atoms with Crippen molar-refractivity contribution < 1.29 is 23.1 Å². The number of hydrogen-bond acceptors (Lipinski definition) is 4. The standard InChI is InChI=1S/C13H24N2O5S/c1-4-8-21(19,20)15-7-5-6-11(15)12(16)14-10(3)9(2)13(17)18/h9-11H,4-8H2,1-3H3,(H,14,16)(H,17,18). The number of amides is 1. The minimum absolute atomic E-state index is 0.0257. The first kappa shape index (κ1) is 17.9. The van der Waals surface area contributed by atoms with E-state index >= 15 is 0 Å². The highest BCUT2D eigenvalue weighted by Gasteiger charge is 2.38. The summed E-state index contributed by atoms with van der Waals surface area (Å²) >= 11 is 0. The molecule has 1 aliphatic rings. The third-order valence-corrected chi connectivity index (χ3v) is 5.91. The Balaban J connectivity index is 2.75. The van der Waals surface area contributed by atoms with E-state index in [1.54, 1.807) is 13.8 Å². The van der Waals surface area contributed by atoms with E-state index in [4.69, 9.17) is 5.11 Å². The molecule has 0 aromatic carbocycles. The Morgan fingerprint density at radius 2 is 2.00 bits per heavy atom. The third-order valence-electron chi connectivity index (χ3n) is 3.84. The van der Waals surface area contributed by atoms with Gasteiger partial charge < -0.3 is 10.4 Å². The molecule has 0 aromatic heterocycles. The zero-order valence-corrected chi connectivity index (χ0v) is 13.5. The number of aliphatic carboxylic acids is 1. The van der Waals surface area contributed by atoms with E-state index in [2.05, 4.69) is 5.32 Å². The van der Waals surface area contributed by atoms with Crippen LogP contribution in [0.2, 0.25) is 0 Å². The lowest BCUT2D eigenvalue weighted by Crippen LogP contribution is -2.50. The molecule has 21 heavy (non-hydrogen) atoms. The van der Waals surface area contributed by atoms with Gasteiger partial charge in [-0.1, -0.05) is 6.92 Å². The Morgan fingerprint density at radius 1 is 1.38 bits per heavy atom. The van der Waals surface area contributed by atoms with Gasteiger partial charge in [0.15, 0.2) is 0 Å². The molecule has 2 N–H and O–H groups in total. The van der Waals surface area contributed by atoms with E-state index in [9.17, 15) is 18.0 Å². The summed E-state index contributed by atoms with van der Waals surface area (Å²) in [6.07, 6.45) is 1.62. The van der Waals surface area contributed by atoms with Crippen molar-refractivity contribution >= 4 is 21.9 Å². The second-order valence-corrected chi connectivity index (χ2v) is 7.55. The zero-order chi connectivity index (χ0) is 16.2. The fourth-order valence-electron chi connectivity index (χ4n) is 2.37. The third kappa shape index (κ3) is 4.41. The smallest absolute Gasteiger partial charge is 0.308 e. The first-order valence-electron chi connectivity index (χ1n) is 7.23. The highest BCUT2D eigenvalue weighted by Crippen LogP contribution is 2.22. The highest BCUT2D eigenvalue weighted by molar-refractivity contribution is 7.89. The van der Waals surface area contributed by atoms with Crippen LogP contribution in [0, 0.1) is 5.92 Å². The van der Waals surface area contributed by atoms with E-state index < -0.39 is 39.9 Å². The molecule has 0 radical (unpaired) electrons. The van der Waals surface area contributed by atoms with E-state index in [0.29, 0.717) is 25.8 Å². The molecule has 3 unspecified atom stereocenters. The van der Waals surface area contributed by atoms with Gasteiger partial charge in [-0.05, 0) is 33.1 Å². The Hall–Kier alpha value is -1.15. The first-order chi connectivity index (χ1) is 9.70. The summed E-state index contributed by atoms with van der Waals surface area (Å²) in [7, 11) is -3.42. The van der Waals surface area contributed by atoms with Crippen LogP contribution in [0.5, 0.6) is 0 Å². The molecule has 0 bridgehead atoms. The normalized spacial score (nSPS) is 22.7. The molecule has 1 fully saturated rings. The number of carboxylic acids is 1. The summed E-state index contributed by atoms with van der Waals surface area (Å²) in [5.41, 5.74) is 0. The van der Waals surface area contributed by atoms with Crippen molar-refractivity contribution in [2.75, 3.05) is 12.3 Å². The minimum Gasteiger partial charge on any atom is -0.481 e. The van der Waals surface area contributed by atoms with Crippen molar-refractivity contribution in [2.24, 2.45) is 5.92 Å². The molecule has 1 rings (SSSR count). The van der Waals surface area contributed by atoms with Gasteiger partial charge >= 0.3 is 5.97 Å². The van der Waals surface area contributed by atoms with Crippen LogP contribution in [-0.4, -0.2) is 54.1 Å². The summed E-state index contributed by atoms with van der Waals surface area (Å²) < 4.78 is 25.5. The lowest BCUT2D eigenvalue weighted by molar-refractivity contribution is -0.142. The Bertz CT molecular complexity index is 491. The van der Waals surface area contributed by atoms with Gasteiger partial charge in [0.25, 0.3) is 0 Å². The maximum Gasteiger partial charge on any atom is 0.308 e. The van der Waals surface area contributed by atoms with Crippen molar-refractivity contribution in [1.82, 2.24) is 9.62 Å². The summed E-state index contributed by atoms with van der Waals surface area (Å²) in [6, 6.07) is -1.27. The molecule has 0 aromatic rings. The molecular formula is C13H24N2O5S. The maximum atomic E-state index is 12.2. The van der Waals surface area contributed by atoms with Crippen molar-refractivity contribution in [3.63, 3.8) is 0 Å². The zero-order valence-electron chi connectivity index (χ0n) is 12.7. The van der Waals surface area contributed by atoms with E-state index in [-0.39, 0.29) is 5.75 Å². The van der Waals surface area contributed by atoms with Gasteiger partial charge in [0, 0.05) is 12.6 Å². The van der Waals surface area contributed by atoms with Gasteiger partial charge in [-0.3, -0.25) is 9.59 Å². The average Bonchev–Trinajstić information content (AvgIpc) is 2.87. The number of rotatable bonds is 7. The molecule has 1 aliphatic heterocycles. The van der Waals surface area contributed by atoms with Gasteiger partial charge in [-0.15, -0.1) is 0 Å². The fraction of sp³-hybridized carbons (Fsp3) is 0.846. The Labute approximate surface area is 125 Å². The maximum absolute atomic E-state index is 12.2. The van der Waals surface area contributed by atoms with E-state index in [1.807, 2.05) is 0 Å². The van der Waals surface area contributed by atoms with Crippen LogP contribution in [0.4, 0.5) is 0 Å². The molecule has 1 heterocycles. The van der Waals surface area contributed by atoms with Crippen LogP contribution in [0.1, 0.15) is 40.0 Å². The topological polar surface area (TPSA) is 104 Å². The van der Waals surface area contributed by atoms with Gasteiger partial charge in [0.2, 0.25) is 15.9 Å². The molecule has 3 atom stereocenters. The molecule has 0 aliphatic carbocycles. The molecule has 0 saturated carbocycles. The molecule has 8 heteroatoms. The second kappa shape index (κ2) is 7.22. The lowest BCUT2D eigenvalue weighted by Gasteiger charge is -2.25. The van der Waals surface area contributed by atoms with Crippen LogP contribution < -0.4 is 5.32 Å². The highest BCUT2D eigenvalue weighted by atomic mass is 32.2. The molecule has 7 nitrogen and oxygen atoms in total. The van der Waals surface area contributed by atoms with Crippen LogP contribution in [0.15, 0.2) is 0 Å². The largest absolute Gasteiger partial charge is 0.481 e. The number of carboxylic acid groups (broad SMARTS) is 1. The van der Waals surface area contributed by atoms with Crippen molar-refractivity contribution in [1.29, 1.82) is 0 Å². The first-order valence-corrected chi connectivity index (χ1v) is 8.84. The fourth-order valence-corrected chi connectivity index (χ4v) is 4.12. The van der Waals surface area contributed by atoms with Crippen molar-refractivity contribution in [3.8, 4) is 0 Å². The average molecular weight is 320 g/mol. The van der Waals surface area contributed by atoms with Crippen LogP contribution in [0.25, 0.3) is 0 Å². The molecular weight excluding hydrogens is 296 g/mol. The predicted molar refractivity (Wildman–Crippen MR) is 78.2 cm³/mol. The monoisotopic (exact) mass is 320 g/mol. The minimum atomic E-state index is -3.42. The Kier molecular flexibility index (Phi) is 6.15. The molecule has 1 saturated heterocycles. The number of carbonyl (C=O) groups is 2. The number of sulfonamides is 1. The van der Waals surface area contributed by atoms with Crippen LogP contribution in [-0.2, 0) is 19.6 Å². The number of carbonyl (C=O) groups excluding carboxylic acids is 1. The summed E-state index contributed by atoms with van der Waals surface area (Å²) in [5.74, 6) is -2.11. The quantitative estimate of drug-likeness (QED) is 0.707. The van der Waals surface area contributed by atoms with Gasteiger partial charge in [-0.25, -0.2) is 8.42 Å². The van der Waals surface area contributed by atoms with E-state index in [1.165, 1.54) is 11.2 Å². The second-order valence-electron chi connectivity index (χ2n) is 5.51. The van der Waals surface area contributed by atoms with Crippen LogP contribution in [0.3, 0.4) is 0 Å². The Morgan fingerprint density at radius 3 is 2.52 bits per heavy atom. The van der Waals surface area contributed by atoms with Gasteiger partial charge in [-0.2, -0.15) is 4.31 Å².